The molecule has 0 radical (unpaired) electrons. The normalized spacial score (nSPS) is 17.4. The van der Waals surface area contributed by atoms with Crippen LogP contribution in [0.4, 0.5) is 15.9 Å². The highest BCUT2D eigenvalue weighted by atomic mass is 35.5. The van der Waals surface area contributed by atoms with Gasteiger partial charge in [0.1, 0.15) is 17.7 Å². The Balaban J connectivity index is 1.63. The zero-order valence-electron chi connectivity index (χ0n) is 24.2. The molecule has 9 nitrogen and oxygen atoms in total. The summed E-state index contributed by atoms with van der Waals surface area (Å²) in [5.74, 6) is -2.45. The number of halogens is 2. The quantitative estimate of drug-likeness (QED) is 0.223. The molecule has 0 bridgehead atoms. The second-order valence-corrected chi connectivity index (χ2v) is 13.1. The number of likely N-dealkylation sites (tertiary alicyclic amines) is 1. The molecule has 3 aromatic carbocycles. The lowest BCUT2D eigenvalue weighted by Crippen LogP contribution is -2.40. The van der Waals surface area contributed by atoms with E-state index in [1.165, 1.54) is 36.1 Å². The second-order valence-electron chi connectivity index (χ2n) is 10.4. The summed E-state index contributed by atoms with van der Waals surface area (Å²) in [4.78, 5) is 33.4. The Morgan fingerprint density at radius 2 is 1.91 bits per heavy atom. The van der Waals surface area contributed by atoms with E-state index in [1.807, 2.05) is 0 Å². The van der Waals surface area contributed by atoms with Crippen molar-refractivity contribution in [3.63, 3.8) is 0 Å². The highest BCUT2D eigenvalue weighted by Gasteiger charge is 2.46. The standard InChI is InChI=1S/C32H32ClFN4O5S/c1-3-43-32(40)24-14-16-38(29(24)23-7-5-6-8-27(23)44(41,42)4-2)31(39)28(25-18-20(33)9-12-26(25)34)37-21-10-11-22-19(17-21)13-15-36-30(22)35/h5-13,15,17-18,24,28-29,37H,3-4,14,16H2,1-2H3,(H2,35,36)/t24-,28-,29-/m0/s1. The summed E-state index contributed by atoms with van der Waals surface area (Å²) in [5, 5.41) is 4.84. The summed E-state index contributed by atoms with van der Waals surface area (Å²) in [6.45, 7) is 3.43. The second kappa shape index (κ2) is 12.8. The van der Waals surface area contributed by atoms with E-state index in [9.17, 15) is 18.0 Å². The Hall–Kier alpha value is -4.22. The van der Waals surface area contributed by atoms with E-state index in [-0.39, 0.29) is 40.8 Å². The number of nitrogens with two attached hydrogens (primary N) is 1. The molecule has 1 aliphatic rings. The molecule has 0 spiro atoms. The van der Waals surface area contributed by atoms with E-state index in [1.54, 1.807) is 55.6 Å². The number of ether oxygens (including phenoxy) is 1. The number of sulfone groups is 1. The summed E-state index contributed by atoms with van der Waals surface area (Å²) < 4.78 is 47.1. The number of carbonyl (C=O) groups excluding carboxylic acids is 2. The lowest BCUT2D eigenvalue weighted by Gasteiger charge is -2.33. The van der Waals surface area contributed by atoms with E-state index in [0.29, 0.717) is 22.5 Å². The van der Waals surface area contributed by atoms with E-state index in [4.69, 9.17) is 22.1 Å². The van der Waals surface area contributed by atoms with Crippen molar-refractivity contribution in [2.24, 2.45) is 5.92 Å². The van der Waals surface area contributed by atoms with Gasteiger partial charge < -0.3 is 20.7 Å². The molecule has 1 aliphatic heterocycles. The number of nitrogens with one attached hydrogen (secondary N) is 1. The molecule has 230 valence electrons. The van der Waals surface area contributed by atoms with Crippen molar-refractivity contribution in [1.82, 2.24) is 9.88 Å². The molecule has 44 heavy (non-hydrogen) atoms. The van der Waals surface area contributed by atoms with Crippen LogP contribution in [0.1, 0.15) is 43.5 Å². The van der Waals surface area contributed by atoms with Gasteiger partial charge in [0.25, 0.3) is 0 Å². The molecule has 3 N–H and O–H groups in total. The average Bonchev–Trinajstić information content (AvgIpc) is 3.46. The third kappa shape index (κ3) is 6.07. The van der Waals surface area contributed by atoms with Gasteiger partial charge in [-0.05, 0) is 72.8 Å². The predicted molar refractivity (Wildman–Crippen MR) is 167 cm³/mol. The monoisotopic (exact) mass is 638 g/mol. The van der Waals surface area contributed by atoms with Crippen LogP contribution >= 0.6 is 11.6 Å². The molecule has 0 unspecified atom stereocenters. The van der Waals surface area contributed by atoms with Gasteiger partial charge in [-0.15, -0.1) is 0 Å². The SMILES string of the molecule is CCOC(=O)[C@H]1CCN(C(=O)[C@@H](Nc2ccc3c(N)nccc3c2)c2cc(Cl)ccc2F)[C@H]1c1ccccc1S(=O)(=O)CC. The number of amides is 1. The Morgan fingerprint density at radius 1 is 1.14 bits per heavy atom. The Kier molecular flexibility index (Phi) is 9.07. The van der Waals surface area contributed by atoms with Gasteiger partial charge in [-0.25, -0.2) is 17.8 Å². The number of hydrogen-bond donors (Lipinski definition) is 2. The number of benzene rings is 3. The van der Waals surface area contributed by atoms with Gasteiger partial charge >= 0.3 is 5.97 Å². The predicted octanol–water partition coefficient (Wildman–Crippen LogP) is 5.71. The first-order valence-electron chi connectivity index (χ1n) is 14.2. The number of rotatable bonds is 9. The lowest BCUT2D eigenvalue weighted by molar-refractivity contribution is -0.149. The van der Waals surface area contributed by atoms with Crippen molar-refractivity contribution in [1.29, 1.82) is 0 Å². The van der Waals surface area contributed by atoms with Crippen LogP contribution in [-0.2, 0) is 24.2 Å². The summed E-state index contributed by atoms with van der Waals surface area (Å²) in [5.41, 5.74) is 6.80. The van der Waals surface area contributed by atoms with E-state index in [2.05, 4.69) is 10.3 Å². The lowest BCUT2D eigenvalue weighted by atomic mass is 9.93. The van der Waals surface area contributed by atoms with Crippen LogP contribution in [-0.4, -0.2) is 49.1 Å². The first kappa shape index (κ1) is 31.2. The molecule has 12 heteroatoms. The number of anilines is 2. The molecule has 4 aromatic rings. The van der Waals surface area contributed by atoms with Crippen LogP contribution in [0.25, 0.3) is 10.8 Å². The molecule has 1 amide bonds. The number of pyridine rings is 1. The molecule has 5 rings (SSSR count). The number of esters is 1. The summed E-state index contributed by atoms with van der Waals surface area (Å²) >= 11 is 6.27. The van der Waals surface area contributed by atoms with Crippen LogP contribution < -0.4 is 11.1 Å². The zero-order valence-corrected chi connectivity index (χ0v) is 25.7. The fourth-order valence-corrected chi connectivity index (χ4v) is 7.04. The van der Waals surface area contributed by atoms with E-state index >= 15 is 4.39 Å². The van der Waals surface area contributed by atoms with Crippen LogP contribution in [0.5, 0.6) is 0 Å². The fraction of sp³-hybridized carbons (Fsp3) is 0.281. The first-order valence-corrected chi connectivity index (χ1v) is 16.2. The van der Waals surface area contributed by atoms with Gasteiger partial charge in [0, 0.05) is 34.4 Å². The minimum absolute atomic E-state index is 0.00959. The minimum atomic E-state index is -3.73. The Morgan fingerprint density at radius 3 is 2.66 bits per heavy atom. The van der Waals surface area contributed by atoms with Crippen LogP contribution in [0.2, 0.25) is 5.02 Å². The maximum Gasteiger partial charge on any atom is 0.311 e. The average molecular weight is 639 g/mol. The van der Waals surface area contributed by atoms with Crippen LogP contribution in [0, 0.1) is 11.7 Å². The van der Waals surface area contributed by atoms with Gasteiger partial charge in [-0.2, -0.15) is 0 Å². The summed E-state index contributed by atoms with van der Waals surface area (Å²) in [7, 11) is -3.73. The van der Waals surface area contributed by atoms with Gasteiger partial charge in [0.15, 0.2) is 9.84 Å². The van der Waals surface area contributed by atoms with Gasteiger partial charge in [0.2, 0.25) is 5.91 Å². The topological polar surface area (TPSA) is 132 Å². The molecule has 1 saturated heterocycles. The zero-order chi connectivity index (χ0) is 31.6. The molecule has 1 aromatic heterocycles. The van der Waals surface area contributed by atoms with Gasteiger partial charge in [0.05, 0.1) is 29.2 Å². The number of hydrogen-bond acceptors (Lipinski definition) is 8. The molecule has 2 heterocycles. The minimum Gasteiger partial charge on any atom is -0.466 e. The van der Waals surface area contributed by atoms with Crippen molar-refractivity contribution >= 4 is 55.6 Å². The van der Waals surface area contributed by atoms with Crippen LogP contribution in [0.15, 0.2) is 77.8 Å². The number of fused-ring (bicyclic) bond motifs is 1. The largest absolute Gasteiger partial charge is 0.466 e. The smallest absolute Gasteiger partial charge is 0.311 e. The Labute approximate surface area is 260 Å². The van der Waals surface area contributed by atoms with Gasteiger partial charge in [-0.1, -0.05) is 36.7 Å². The van der Waals surface area contributed by atoms with Crippen LogP contribution in [0.3, 0.4) is 0 Å². The highest BCUT2D eigenvalue weighted by molar-refractivity contribution is 7.91. The number of nitrogens with zero attached hydrogens (tertiary/aromatic N) is 2. The molecular formula is C32H32ClFN4O5S. The van der Waals surface area contributed by atoms with E-state index in [0.717, 1.165) is 5.39 Å². The summed E-state index contributed by atoms with van der Waals surface area (Å²) in [6.07, 6.45) is 1.79. The van der Waals surface area contributed by atoms with Gasteiger partial charge in [-0.3, -0.25) is 9.59 Å². The molecule has 0 saturated carbocycles. The van der Waals surface area contributed by atoms with Crippen molar-refractivity contribution in [2.45, 2.75) is 37.2 Å². The maximum atomic E-state index is 15.4. The molecule has 1 fully saturated rings. The van der Waals surface area contributed by atoms with Crippen molar-refractivity contribution in [2.75, 3.05) is 30.0 Å². The number of aromatic nitrogens is 1. The van der Waals surface area contributed by atoms with Crippen molar-refractivity contribution in [3.05, 3.63) is 94.9 Å². The van der Waals surface area contributed by atoms with Crippen molar-refractivity contribution in [3.8, 4) is 0 Å². The van der Waals surface area contributed by atoms with E-state index < -0.39 is 45.5 Å². The highest BCUT2D eigenvalue weighted by Crippen LogP contribution is 2.43. The molecular weight excluding hydrogens is 607 g/mol. The Bertz CT molecular complexity index is 1840. The third-order valence-electron chi connectivity index (χ3n) is 7.85. The number of nitrogen functional groups attached to an aromatic ring is 1. The first-order chi connectivity index (χ1) is 21.1. The maximum absolute atomic E-state index is 15.4. The summed E-state index contributed by atoms with van der Waals surface area (Å²) in [6, 6.07) is 15.0. The number of carbonyl (C=O) groups is 2. The molecule has 0 aliphatic carbocycles. The third-order valence-corrected chi connectivity index (χ3v) is 9.88. The molecule has 3 atom stereocenters. The fourth-order valence-electron chi connectivity index (χ4n) is 5.72. The van der Waals surface area contributed by atoms with Crippen molar-refractivity contribution < 1.29 is 27.1 Å².